The van der Waals surface area contributed by atoms with Crippen LogP contribution >= 0.6 is 0 Å². The lowest BCUT2D eigenvalue weighted by Crippen LogP contribution is -2.17. The normalized spacial score (nSPS) is 10.5. The monoisotopic (exact) mass is 384 g/mol. The predicted molar refractivity (Wildman–Crippen MR) is 112 cm³/mol. The first-order valence-electron chi connectivity index (χ1n) is 9.21. The first-order chi connectivity index (χ1) is 14.2. The summed E-state index contributed by atoms with van der Waals surface area (Å²) in [6.07, 6.45) is 3.43. The van der Waals surface area contributed by atoms with Crippen molar-refractivity contribution in [1.29, 1.82) is 0 Å². The van der Waals surface area contributed by atoms with Crippen molar-refractivity contribution in [3.05, 3.63) is 96.3 Å². The number of carbonyl (C=O) groups excluding carboxylic acids is 1. The molecule has 2 aromatic heterocycles. The smallest absolute Gasteiger partial charge is 0.280 e. The van der Waals surface area contributed by atoms with Gasteiger partial charge in [-0.05, 0) is 42.0 Å². The van der Waals surface area contributed by atoms with Gasteiger partial charge in [0.15, 0.2) is 0 Å². The number of nitrogens with zero attached hydrogens (tertiary/aromatic N) is 3. The summed E-state index contributed by atoms with van der Waals surface area (Å²) in [4.78, 5) is 17.2. The Balaban J connectivity index is 1.67. The van der Waals surface area contributed by atoms with Gasteiger partial charge in [-0.3, -0.25) is 9.78 Å². The van der Waals surface area contributed by atoms with Gasteiger partial charge in [0.05, 0.1) is 12.8 Å². The van der Waals surface area contributed by atoms with Crippen molar-refractivity contribution in [2.24, 2.45) is 0 Å². The molecular formula is C23H20N4O2. The van der Waals surface area contributed by atoms with Gasteiger partial charge in [0, 0.05) is 36.1 Å². The molecule has 0 fully saturated rings. The van der Waals surface area contributed by atoms with E-state index in [2.05, 4.69) is 15.4 Å². The van der Waals surface area contributed by atoms with Crippen molar-refractivity contribution >= 4 is 11.7 Å². The minimum atomic E-state index is -0.200. The van der Waals surface area contributed by atoms with Gasteiger partial charge in [-0.2, -0.15) is 9.78 Å². The fourth-order valence-electron chi connectivity index (χ4n) is 3.00. The Hall–Kier alpha value is -3.93. The van der Waals surface area contributed by atoms with Crippen LogP contribution in [0.2, 0.25) is 0 Å². The Morgan fingerprint density at radius 1 is 1.03 bits per heavy atom. The Kier molecular flexibility index (Phi) is 5.33. The standard InChI is InChI=1S/C23H20N4O2/c1-29-20-11-5-7-17(13-20)15-25-22-14-21(19-10-6-12-24-16-19)26-27(22)23(28)18-8-3-2-4-9-18/h2-14,16,25H,15H2,1H3. The average molecular weight is 384 g/mol. The number of anilines is 1. The van der Waals surface area contributed by atoms with Crippen LogP contribution in [0.3, 0.4) is 0 Å². The zero-order chi connectivity index (χ0) is 20.1. The molecular weight excluding hydrogens is 364 g/mol. The van der Waals surface area contributed by atoms with E-state index >= 15 is 0 Å². The SMILES string of the molecule is COc1cccc(CNc2cc(-c3cccnc3)nn2C(=O)c2ccccc2)c1. The molecule has 4 rings (SSSR count). The topological polar surface area (TPSA) is 69.0 Å². The van der Waals surface area contributed by atoms with E-state index in [-0.39, 0.29) is 5.91 Å². The molecule has 144 valence electrons. The molecule has 2 aromatic carbocycles. The highest BCUT2D eigenvalue weighted by Crippen LogP contribution is 2.23. The van der Waals surface area contributed by atoms with Gasteiger partial charge in [0.25, 0.3) is 5.91 Å². The number of nitrogens with one attached hydrogen (secondary N) is 1. The molecule has 0 aliphatic heterocycles. The second kappa shape index (κ2) is 8.39. The van der Waals surface area contributed by atoms with E-state index in [1.54, 1.807) is 31.6 Å². The number of methoxy groups -OCH3 is 1. The third-order valence-corrected chi connectivity index (χ3v) is 4.49. The zero-order valence-electron chi connectivity index (χ0n) is 15.9. The second-order valence-corrected chi connectivity index (χ2v) is 6.44. The number of ether oxygens (including phenoxy) is 1. The molecule has 0 unspecified atom stereocenters. The number of carbonyl (C=O) groups is 1. The van der Waals surface area contributed by atoms with Gasteiger partial charge in [-0.25, -0.2) is 0 Å². The lowest BCUT2D eigenvalue weighted by atomic mass is 10.2. The molecule has 1 N–H and O–H groups in total. The molecule has 6 heteroatoms. The molecule has 0 saturated carbocycles. The molecule has 0 saturated heterocycles. The number of rotatable bonds is 6. The summed E-state index contributed by atoms with van der Waals surface area (Å²) < 4.78 is 6.68. The molecule has 2 heterocycles. The summed E-state index contributed by atoms with van der Waals surface area (Å²) in [6.45, 7) is 0.525. The predicted octanol–water partition coefficient (Wildman–Crippen LogP) is 4.25. The first kappa shape index (κ1) is 18.4. The third-order valence-electron chi connectivity index (χ3n) is 4.49. The first-order valence-corrected chi connectivity index (χ1v) is 9.21. The van der Waals surface area contributed by atoms with Crippen LogP contribution < -0.4 is 10.1 Å². The quantitative estimate of drug-likeness (QED) is 0.538. The van der Waals surface area contributed by atoms with Crippen LogP contribution in [0.4, 0.5) is 5.82 Å². The van der Waals surface area contributed by atoms with E-state index in [1.165, 1.54) is 4.68 Å². The third kappa shape index (κ3) is 4.16. The molecule has 29 heavy (non-hydrogen) atoms. The molecule has 4 aromatic rings. The summed E-state index contributed by atoms with van der Waals surface area (Å²) >= 11 is 0. The lowest BCUT2D eigenvalue weighted by molar-refractivity contribution is 0.0948. The number of hydrogen-bond donors (Lipinski definition) is 1. The summed E-state index contributed by atoms with van der Waals surface area (Å²) in [5.74, 6) is 1.20. The van der Waals surface area contributed by atoms with Crippen LogP contribution in [0.5, 0.6) is 5.75 Å². The van der Waals surface area contributed by atoms with Crippen LogP contribution in [-0.2, 0) is 6.54 Å². The van der Waals surface area contributed by atoms with Gasteiger partial charge in [-0.15, -0.1) is 0 Å². The van der Waals surface area contributed by atoms with Gasteiger partial charge in [0.2, 0.25) is 0 Å². The summed E-state index contributed by atoms with van der Waals surface area (Å²) in [5.41, 5.74) is 3.12. The average Bonchev–Trinajstić information content (AvgIpc) is 3.23. The minimum Gasteiger partial charge on any atom is -0.497 e. The lowest BCUT2D eigenvalue weighted by Gasteiger charge is -2.09. The Morgan fingerprint density at radius 3 is 2.66 bits per heavy atom. The molecule has 0 aliphatic rings. The maximum absolute atomic E-state index is 13.0. The van der Waals surface area contributed by atoms with Crippen molar-refractivity contribution in [1.82, 2.24) is 14.8 Å². The molecule has 6 nitrogen and oxygen atoms in total. The van der Waals surface area contributed by atoms with Gasteiger partial charge < -0.3 is 10.1 Å². The van der Waals surface area contributed by atoms with E-state index in [1.807, 2.05) is 60.7 Å². The fourth-order valence-corrected chi connectivity index (χ4v) is 3.00. The van der Waals surface area contributed by atoms with Crippen LogP contribution in [0.1, 0.15) is 15.9 Å². The number of benzene rings is 2. The van der Waals surface area contributed by atoms with Crippen molar-refractivity contribution < 1.29 is 9.53 Å². The highest BCUT2D eigenvalue weighted by molar-refractivity contribution is 5.97. The van der Waals surface area contributed by atoms with E-state index in [0.717, 1.165) is 16.9 Å². The minimum absolute atomic E-state index is 0.200. The van der Waals surface area contributed by atoms with Crippen LogP contribution in [-0.4, -0.2) is 27.8 Å². The molecule has 0 bridgehead atoms. The van der Waals surface area contributed by atoms with Crippen LogP contribution in [0, 0.1) is 0 Å². The van der Waals surface area contributed by atoms with Crippen molar-refractivity contribution in [3.63, 3.8) is 0 Å². The highest BCUT2D eigenvalue weighted by atomic mass is 16.5. The number of hydrogen-bond acceptors (Lipinski definition) is 5. The maximum atomic E-state index is 13.0. The van der Waals surface area contributed by atoms with Gasteiger partial charge >= 0.3 is 0 Å². The van der Waals surface area contributed by atoms with Crippen molar-refractivity contribution in [2.45, 2.75) is 6.54 Å². The largest absolute Gasteiger partial charge is 0.497 e. The molecule has 0 aliphatic carbocycles. The molecule has 0 atom stereocenters. The van der Waals surface area contributed by atoms with E-state index in [9.17, 15) is 4.79 Å². The highest BCUT2D eigenvalue weighted by Gasteiger charge is 2.17. The van der Waals surface area contributed by atoms with Crippen LogP contribution in [0.25, 0.3) is 11.3 Å². The second-order valence-electron chi connectivity index (χ2n) is 6.44. The Labute approximate surface area is 168 Å². The Bertz CT molecular complexity index is 1110. The maximum Gasteiger partial charge on any atom is 0.280 e. The summed E-state index contributed by atoms with van der Waals surface area (Å²) in [5, 5.41) is 7.87. The number of pyridine rings is 1. The summed E-state index contributed by atoms with van der Waals surface area (Å²) in [7, 11) is 1.64. The fraction of sp³-hybridized carbons (Fsp3) is 0.0870. The molecule has 0 spiro atoms. The summed E-state index contributed by atoms with van der Waals surface area (Å²) in [6, 6.07) is 22.5. The Morgan fingerprint density at radius 2 is 1.90 bits per heavy atom. The van der Waals surface area contributed by atoms with Gasteiger partial charge in [-0.1, -0.05) is 30.3 Å². The zero-order valence-corrected chi connectivity index (χ0v) is 15.9. The van der Waals surface area contributed by atoms with Crippen molar-refractivity contribution in [2.75, 3.05) is 12.4 Å². The van der Waals surface area contributed by atoms with E-state index in [4.69, 9.17) is 4.74 Å². The molecule has 0 radical (unpaired) electrons. The van der Waals surface area contributed by atoms with Crippen molar-refractivity contribution in [3.8, 4) is 17.0 Å². The van der Waals surface area contributed by atoms with Gasteiger partial charge in [0.1, 0.15) is 11.6 Å². The van der Waals surface area contributed by atoms with E-state index in [0.29, 0.717) is 23.6 Å². The molecule has 0 amide bonds. The van der Waals surface area contributed by atoms with E-state index < -0.39 is 0 Å². The van der Waals surface area contributed by atoms with Crippen LogP contribution in [0.15, 0.2) is 85.2 Å². The number of aromatic nitrogens is 3.